The molecule has 2 heterocycles. The van der Waals surface area contributed by atoms with Gasteiger partial charge in [-0.1, -0.05) is 66.7 Å². The zero-order valence-electron chi connectivity index (χ0n) is 20.4. The Morgan fingerprint density at radius 3 is 1.97 bits per heavy atom. The van der Waals surface area contributed by atoms with Gasteiger partial charge in [-0.2, -0.15) is 0 Å². The average Bonchev–Trinajstić information content (AvgIpc) is 3.33. The van der Waals surface area contributed by atoms with E-state index in [1.807, 2.05) is 0 Å². The van der Waals surface area contributed by atoms with Crippen LogP contribution in [0.1, 0.15) is 48.4 Å². The van der Waals surface area contributed by atoms with Crippen LogP contribution in [0.25, 0.3) is 10.9 Å². The van der Waals surface area contributed by atoms with Crippen LogP contribution < -0.4 is 5.43 Å². The van der Waals surface area contributed by atoms with Gasteiger partial charge in [-0.25, -0.2) is 5.01 Å². The fraction of sp³-hybridized carbons (Fsp3) is 0.0333. The van der Waals surface area contributed by atoms with Gasteiger partial charge in [-0.15, -0.1) is 0 Å². The number of hydrogen-bond donors (Lipinski definition) is 1. The Morgan fingerprint density at radius 1 is 0.744 bits per heavy atom. The van der Waals surface area contributed by atoms with Crippen molar-refractivity contribution >= 4 is 34.3 Å². The summed E-state index contributed by atoms with van der Waals surface area (Å²) in [6, 6.07) is 28.6. The molecule has 5 aromatic rings. The number of nitro benzene ring substituents is 1. The lowest BCUT2D eigenvalue weighted by molar-refractivity contribution is -0.385. The average molecular weight is 517 g/mol. The van der Waals surface area contributed by atoms with Gasteiger partial charge in [0, 0.05) is 22.6 Å². The molecule has 9 nitrogen and oxygen atoms in total. The number of nitrogens with zero attached hydrogens (tertiary/aromatic N) is 3. The van der Waals surface area contributed by atoms with Crippen molar-refractivity contribution in [3.63, 3.8) is 0 Å². The summed E-state index contributed by atoms with van der Waals surface area (Å²) >= 11 is 0. The number of aromatic nitrogens is 1. The minimum Gasteiger partial charge on any atom is -0.277 e. The van der Waals surface area contributed by atoms with Crippen LogP contribution in [0, 0.1) is 10.1 Å². The monoisotopic (exact) mass is 516 g/mol. The molecule has 1 N–H and O–H groups in total. The minimum atomic E-state index is -1.19. The van der Waals surface area contributed by atoms with E-state index in [2.05, 4.69) is 5.43 Å². The Morgan fingerprint density at radius 2 is 1.31 bits per heavy atom. The Labute approximate surface area is 222 Å². The first-order chi connectivity index (χ1) is 19.0. The SMILES string of the molecule is O=C1NN(C(=O)c2ccccc2)[C@@H](c2ccccc2[N+](=O)[O-])c2c1c1ccccc1n2C(=O)c1ccccc1. The highest BCUT2D eigenvalue weighted by molar-refractivity contribution is 6.15. The van der Waals surface area contributed by atoms with Crippen molar-refractivity contribution in [3.05, 3.63) is 147 Å². The number of hydrogen-bond acceptors (Lipinski definition) is 5. The van der Waals surface area contributed by atoms with Crippen molar-refractivity contribution in [3.8, 4) is 0 Å². The number of amides is 2. The van der Waals surface area contributed by atoms with E-state index >= 15 is 0 Å². The molecule has 0 saturated carbocycles. The van der Waals surface area contributed by atoms with E-state index in [4.69, 9.17) is 0 Å². The Balaban J connectivity index is 1.70. The number of fused-ring (bicyclic) bond motifs is 3. The van der Waals surface area contributed by atoms with Crippen LogP contribution in [-0.4, -0.2) is 32.2 Å². The molecule has 6 rings (SSSR count). The largest absolute Gasteiger partial charge is 0.277 e. The van der Waals surface area contributed by atoms with Crippen molar-refractivity contribution in [2.45, 2.75) is 6.04 Å². The molecule has 0 aliphatic carbocycles. The van der Waals surface area contributed by atoms with E-state index < -0.39 is 28.7 Å². The van der Waals surface area contributed by atoms with Crippen molar-refractivity contribution in [2.75, 3.05) is 0 Å². The van der Waals surface area contributed by atoms with Gasteiger partial charge < -0.3 is 0 Å². The van der Waals surface area contributed by atoms with Crippen LogP contribution in [0.15, 0.2) is 109 Å². The lowest BCUT2D eigenvalue weighted by Gasteiger charge is -2.36. The highest BCUT2D eigenvalue weighted by Gasteiger charge is 2.44. The molecule has 1 aliphatic rings. The van der Waals surface area contributed by atoms with Gasteiger partial charge in [0.15, 0.2) is 0 Å². The van der Waals surface area contributed by atoms with Crippen LogP contribution in [0.3, 0.4) is 0 Å². The summed E-state index contributed by atoms with van der Waals surface area (Å²) in [5.74, 6) is -1.61. The van der Waals surface area contributed by atoms with E-state index in [0.29, 0.717) is 16.5 Å². The lowest BCUT2D eigenvalue weighted by atomic mass is 9.94. The summed E-state index contributed by atoms with van der Waals surface area (Å²) < 4.78 is 1.39. The fourth-order valence-corrected chi connectivity index (χ4v) is 5.10. The molecule has 0 unspecified atom stereocenters. The fourth-order valence-electron chi connectivity index (χ4n) is 5.10. The lowest BCUT2D eigenvalue weighted by Crippen LogP contribution is -2.53. The molecule has 0 saturated heterocycles. The maximum absolute atomic E-state index is 14.0. The molecule has 1 aliphatic heterocycles. The maximum Gasteiger partial charge on any atom is 0.275 e. The second-order valence-corrected chi connectivity index (χ2v) is 8.98. The topological polar surface area (TPSA) is 115 Å². The number of rotatable bonds is 4. The highest BCUT2D eigenvalue weighted by atomic mass is 16.6. The molecule has 1 aromatic heterocycles. The Bertz CT molecular complexity index is 1780. The van der Waals surface area contributed by atoms with Gasteiger partial charge >= 0.3 is 0 Å². The zero-order chi connectivity index (χ0) is 27.1. The molecule has 2 amide bonds. The van der Waals surface area contributed by atoms with E-state index in [1.165, 1.54) is 22.8 Å². The summed E-state index contributed by atoms with van der Waals surface area (Å²) in [6.45, 7) is 0. The van der Waals surface area contributed by atoms with E-state index in [0.717, 1.165) is 5.01 Å². The van der Waals surface area contributed by atoms with Gasteiger partial charge in [0.25, 0.3) is 23.4 Å². The van der Waals surface area contributed by atoms with Gasteiger partial charge in [0.1, 0.15) is 6.04 Å². The summed E-state index contributed by atoms with van der Waals surface area (Å²) in [5, 5.41) is 13.7. The zero-order valence-corrected chi connectivity index (χ0v) is 20.4. The number of benzene rings is 4. The normalized spacial score (nSPS) is 14.5. The van der Waals surface area contributed by atoms with E-state index in [1.54, 1.807) is 91.0 Å². The van der Waals surface area contributed by atoms with E-state index in [-0.39, 0.29) is 28.1 Å². The third-order valence-electron chi connectivity index (χ3n) is 6.77. The predicted molar refractivity (Wildman–Crippen MR) is 143 cm³/mol. The van der Waals surface area contributed by atoms with Crippen molar-refractivity contribution in [1.82, 2.24) is 15.0 Å². The number of hydrazine groups is 1. The molecular weight excluding hydrogens is 496 g/mol. The van der Waals surface area contributed by atoms with Gasteiger partial charge in [0.05, 0.1) is 27.3 Å². The first-order valence-corrected chi connectivity index (χ1v) is 12.1. The summed E-state index contributed by atoms with van der Waals surface area (Å²) in [4.78, 5) is 53.1. The molecule has 1 atom stereocenters. The summed E-state index contributed by atoms with van der Waals surface area (Å²) in [5.41, 5.74) is 3.99. The number of carbonyl (C=O) groups is 3. The quantitative estimate of drug-likeness (QED) is 0.263. The van der Waals surface area contributed by atoms with Crippen LogP contribution >= 0.6 is 0 Å². The summed E-state index contributed by atoms with van der Waals surface area (Å²) in [7, 11) is 0. The van der Waals surface area contributed by atoms with Crippen molar-refractivity contribution in [2.24, 2.45) is 0 Å². The van der Waals surface area contributed by atoms with Crippen LogP contribution in [0.4, 0.5) is 5.69 Å². The van der Waals surface area contributed by atoms with Gasteiger partial charge in [0.2, 0.25) is 0 Å². The molecule has 9 heteroatoms. The Hall–Kier alpha value is -5.57. The second-order valence-electron chi connectivity index (χ2n) is 8.98. The molecule has 0 radical (unpaired) electrons. The number of nitrogens with one attached hydrogen (secondary N) is 1. The van der Waals surface area contributed by atoms with Crippen LogP contribution in [-0.2, 0) is 0 Å². The third kappa shape index (κ3) is 3.84. The van der Waals surface area contributed by atoms with Gasteiger partial charge in [-0.05, 0) is 36.4 Å². The second kappa shape index (κ2) is 9.38. The van der Waals surface area contributed by atoms with E-state index in [9.17, 15) is 24.5 Å². The molecule has 0 spiro atoms. The Kier molecular flexibility index (Phi) is 5.73. The van der Waals surface area contributed by atoms with Crippen LogP contribution in [0.5, 0.6) is 0 Å². The summed E-state index contributed by atoms with van der Waals surface area (Å²) in [6.07, 6.45) is 0. The maximum atomic E-state index is 14.0. The first kappa shape index (κ1) is 23.8. The highest BCUT2D eigenvalue weighted by Crippen LogP contribution is 2.42. The molecule has 190 valence electrons. The molecule has 4 aromatic carbocycles. The van der Waals surface area contributed by atoms with Crippen molar-refractivity contribution in [1.29, 1.82) is 0 Å². The minimum absolute atomic E-state index is 0.151. The molecule has 0 fully saturated rings. The molecule has 39 heavy (non-hydrogen) atoms. The number of nitro groups is 1. The predicted octanol–water partition coefficient (Wildman–Crippen LogP) is 5.13. The smallest absolute Gasteiger partial charge is 0.275 e. The van der Waals surface area contributed by atoms with Gasteiger partial charge in [-0.3, -0.25) is 34.5 Å². The van der Waals surface area contributed by atoms with Crippen molar-refractivity contribution < 1.29 is 19.3 Å². The standard InChI is InChI=1S/C30H20N4O5/c35-28-25-21-15-7-9-17-23(21)32(29(36)19-11-3-1-4-12-19)27(25)26(22-16-8-10-18-24(22)34(38)39)33(31-28)30(37)20-13-5-2-6-14-20/h1-18,26H,(H,31,35)/t26-/m0/s1. The molecular formula is C30H20N4O5. The molecule has 0 bridgehead atoms. The first-order valence-electron chi connectivity index (χ1n) is 12.1. The van der Waals surface area contributed by atoms with Crippen LogP contribution in [0.2, 0.25) is 0 Å². The number of para-hydroxylation sites is 2. The number of carbonyl (C=O) groups excluding carboxylic acids is 3. The third-order valence-corrected chi connectivity index (χ3v) is 6.77.